The molecule has 1 aromatic heterocycles. The number of hydrogen-bond donors (Lipinski definition) is 1. The Kier molecular flexibility index (Phi) is 2.94. The highest BCUT2D eigenvalue weighted by Crippen LogP contribution is 2.43. The number of para-hydroxylation sites is 1. The molecule has 3 nitrogen and oxygen atoms in total. The molecule has 0 bridgehead atoms. The second kappa shape index (κ2) is 4.35. The van der Waals surface area contributed by atoms with Gasteiger partial charge in [-0.05, 0) is 34.3 Å². The summed E-state index contributed by atoms with van der Waals surface area (Å²) in [6.45, 7) is 0.731. The molecule has 2 N–H and O–H groups in total. The fourth-order valence-electron chi connectivity index (χ4n) is 3.36. The Bertz CT molecular complexity index is 582. The summed E-state index contributed by atoms with van der Waals surface area (Å²) in [5.74, 6) is 0. The van der Waals surface area contributed by atoms with Crippen LogP contribution in [0.5, 0.6) is 0 Å². The molecule has 0 amide bonds. The van der Waals surface area contributed by atoms with E-state index in [4.69, 9.17) is 5.73 Å². The van der Waals surface area contributed by atoms with Gasteiger partial charge in [-0.25, -0.2) is 0 Å². The third-order valence-corrected chi connectivity index (χ3v) is 4.93. The summed E-state index contributed by atoms with van der Waals surface area (Å²) in [4.78, 5) is 0. The van der Waals surface area contributed by atoms with Crippen molar-refractivity contribution in [1.82, 2.24) is 9.78 Å². The number of aryl methyl sites for hydroxylation is 1. The number of halogens is 1. The minimum atomic E-state index is 0.159. The van der Waals surface area contributed by atoms with Crippen LogP contribution in [0, 0.1) is 0 Å². The minimum Gasteiger partial charge on any atom is -0.330 e. The summed E-state index contributed by atoms with van der Waals surface area (Å²) >= 11 is 3.54. The molecule has 18 heavy (non-hydrogen) atoms. The van der Waals surface area contributed by atoms with Gasteiger partial charge in [0.25, 0.3) is 0 Å². The molecule has 0 spiro atoms. The Morgan fingerprint density at radius 3 is 2.78 bits per heavy atom. The summed E-state index contributed by atoms with van der Waals surface area (Å²) in [7, 11) is 2.01. The molecular weight excluding hydrogens is 290 g/mol. The van der Waals surface area contributed by atoms with Crippen LogP contribution >= 0.6 is 15.9 Å². The molecule has 3 rings (SSSR count). The van der Waals surface area contributed by atoms with E-state index in [1.807, 2.05) is 11.7 Å². The van der Waals surface area contributed by atoms with E-state index in [0.29, 0.717) is 0 Å². The van der Waals surface area contributed by atoms with Gasteiger partial charge < -0.3 is 5.73 Å². The van der Waals surface area contributed by atoms with E-state index in [1.165, 1.54) is 42.1 Å². The van der Waals surface area contributed by atoms with Gasteiger partial charge in [-0.15, -0.1) is 0 Å². The van der Waals surface area contributed by atoms with E-state index >= 15 is 0 Å². The van der Waals surface area contributed by atoms with E-state index in [1.54, 1.807) is 0 Å². The molecule has 4 heteroatoms. The van der Waals surface area contributed by atoms with Crippen LogP contribution in [-0.2, 0) is 12.5 Å². The van der Waals surface area contributed by atoms with Crippen LogP contribution in [0.4, 0.5) is 0 Å². The number of aromatic nitrogens is 2. The third kappa shape index (κ3) is 1.62. The monoisotopic (exact) mass is 307 g/mol. The number of benzene rings is 1. The van der Waals surface area contributed by atoms with Crippen molar-refractivity contribution in [1.29, 1.82) is 0 Å². The SMILES string of the molecule is Cn1nc(Br)c2cccc(C3(CN)CCCC3)c21. The molecule has 1 aliphatic rings. The molecule has 1 fully saturated rings. The molecule has 1 aliphatic carbocycles. The molecule has 0 unspecified atom stereocenters. The lowest BCUT2D eigenvalue weighted by Crippen LogP contribution is -2.32. The molecule has 1 saturated carbocycles. The van der Waals surface area contributed by atoms with Crippen LogP contribution in [0.15, 0.2) is 22.8 Å². The van der Waals surface area contributed by atoms with Crippen molar-refractivity contribution in [3.05, 3.63) is 28.4 Å². The molecule has 0 atom stereocenters. The number of nitrogens with zero attached hydrogens (tertiary/aromatic N) is 2. The highest BCUT2D eigenvalue weighted by Gasteiger charge is 2.36. The first-order chi connectivity index (χ1) is 8.68. The Morgan fingerprint density at radius 2 is 2.11 bits per heavy atom. The zero-order valence-electron chi connectivity index (χ0n) is 10.6. The molecule has 0 radical (unpaired) electrons. The lowest BCUT2D eigenvalue weighted by molar-refractivity contribution is 0.454. The summed E-state index contributed by atoms with van der Waals surface area (Å²) in [5.41, 5.74) is 8.88. The summed E-state index contributed by atoms with van der Waals surface area (Å²) < 4.78 is 2.90. The molecule has 1 heterocycles. The van der Waals surface area contributed by atoms with Crippen molar-refractivity contribution < 1.29 is 0 Å². The normalized spacial score (nSPS) is 18.6. The predicted octanol–water partition coefficient (Wildman–Crippen LogP) is 3.11. The van der Waals surface area contributed by atoms with Gasteiger partial charge in [0, 0.05) is 24.4 Å². The Balaban J connectivity index is 2.28. The summed E-state index contributed by atoms with van der Waals surface area (Å²) in [6.07, 6.45) is 4.97. The number of fused-ring (bicyclic) bond motifs is 1. The van der Waals surface area contributed by atoms with Crippen LogP contribution in [-0.4, -0.2) is 16.3 Å². The van der Waals surface area contributed by atoms with Gasteiger partial charge in [-0.1, -0.05) is 31.0 Å². The Morgan fingerprint density at radius 1 is 1.39 bits per heavy atom. The fraction of sp³-hybridized carbons (Fsp3) is 0.500. The predicted molar refractivity (Wildman–Crippen MR) is 77.6 cm³/mol. The third-order valence-electron chi connectivity index (χ3n) is 4.34. The number of hydrogen-bond acceptors (Lipinski definition) is 2. The van der Waals surface area contributed by atoms with Crippen LogP contribution in [0.3, 0.4) is 0 Å². The lowest BCUT2D eigenvalue weighted by Gasteiger charge is -2.28. The van der Waals surface area contributed by atoms with Gasteiger partial charge in [0.2, 0.25) is 0 Å². The maximum atomic E-state index is 6.11. The summed E-state index contributed by atoms with van der Waals surface area (Å²) in [5, 5.41) is 5.67. The zero-order valence-corrected chi connectivity index (χ0v) is 12.2. The highest BCUT2D eigenvalue weighted by molar-refractivity contribution is 9.10. The van der Waals surface area contributed by atoms with Crippen molar-refractivity contribution in [3.63, 3.8) is 0 Å². The molecule has 0 saturated heterocycles. The van der Waals surface area contributed by atoms with Crippen LogP contribution in [0.1, 0.15) is 31.2 Å². The van der Waals surface area contributed by atoms with Crippen LogP contribution in [0.25, 0.3) is 10.9 Å². The number of nitrogens with two attached hydrogens (primary N) is 1. The Labute approximate surface area is 115 Å². The quantitative estimate of drug-likeness (QED) is 0.926. The van der Waals surface area contributed by atoms with Gasteiger partial charge in [0.15, 0.2) is 0 Å². The van der Waals surface area contributed by atoms with Crippen molar-refractivity contribution in [3.8, 4) is 0 Å². The second-order valence-electron chi connectivity index (χ2n) is 5.31. The van der Waals surface area contributed by atoms with Crippen LogP contribution < -0.4 is 5.73 Å². The van der Waals surface area contributed by atoms with Gasteiger partial charge in [-0.3, -0.25) is 4.68 Å². The maximum absolute atomic E-state index is 6.11. The molecular formula is C14H18BrN3. The molecule has 0 aliphatic heterocycles. The first kappa shape index (κ1) is 12.2. The maximum Gasteiger partial charge on any atom is 0.135 e. The summed E-state index contributed by atoms with van der Waals surface area (Å²) in [6, 6.07) is 6.48. The minimum absolute atomic E-state index is 0.159. The van der Waals surface area contributed by atoms with E-state index < -0.39 is 0 Å². The lowest BCUT2D eigenvalue weighted by atomic mass is 9.78. The van der Waals surface area contributed by atoms with Crippen molar-refractivity contribution in [2.24, 2.45) is 12.8 Å². The second-order valence-corrected chi connectivity index (χ2v) is 6.06. The standard InChI is InChI=1S/C14H18BrN3/c1-18-12-10(13(15)17-18)5-4-6-11(12)14(9-16)7-2-3-8-14/h4-6H,2-3,7-9,16H2,1H3. The van der Waals surface area contributed by atoms with Crippen molar-refractivity contribution in [2.75, 3.05) is 6.54 Å². The first-order valence-corrected chi connectivity index (χ1v) is 7.29. The van der Waals surface area contributed by atoms with Crippen molar-refractivity contribution in [2.45, 2.75) is 31.1 Å². The number of rotatable bonds is 2. The van der Waals surface area contributed by atoms with Gasteiger partial charge in [-0.2, -0.15) is 5.10 Å². The molecule has 96 valence electrons. The van der Waals surface area contributed by atoms with Crippen molar-refractivity contribution >= 4 is 26.8 Å². The average molecular weight is 308 g/mol. The first-order valence-electron chi connectivity index (χ1n) is 6.50. The average Bonchev–Trinajstić information content (AvgIpc) is 2.97. The topological polar surface area (TPSA) is 43.8 Å². The smallest absolute Gasteiger partial charge is 0.135 e. The fourth-order valence-corrected chi connectivity index (χ4v) is 3.92. The van der Waals surface area contributed by atoms with Gasteiger partial charge in [0.05, 0.1) is 5.52 Å². The zero-order chi connectivity index (χ0) is 12.8. The van der Waals surface area contributed by atoms with Crippen LogP contribution in [0.2, 0.25) is 0 Å². The largest absolute Gasteiger partial charge is 0.330 e. The Hall–Kier alpha value is -0.870. The van der Waals surface area contributed by atoms with E-state index in [-0.39, 0.29) is 5.41 Å². The van der Waals surface area contributed by atoms with Gasteiger partial charge in [0.1, 0.15) is 4.60 Å². The van der Waals surface area contributed by atoms with E-state index in [0.717, 1.165) is 11.1 Å². The van der Waals surface area contributed by atoms with E-state index in [2.05, 4.69) is 39.2 Å². The molecule has 1 aromatic carbocycles. The highest BCUT2D eigenvalue weighted by atomic mass is 79.9. The van der Waals surface area contributed by atoms with Gasteiger partial charge >= 0.3 is 0 Å². The van der Waals surface area contributed by atoms with E-state index in [9.17, 15) is 0 Å². The molecule has 2 aromatic rings.